The summed E-state index contributed by atoms with van der Waals surface area (Å²) in [5.41, 5.74) is 6.79. The monoisotopic (exact) mass is 298 g/mol. The lowest BCUT2D eigenvalue weighted by atomic mass is 9.98. The highest BCUT2D eigenvalue weighted by atomic mass is 19.3. The number of alkyl halides is 2. The van der Waals surface area contributed by atoms with Gasteiger partial charge in [0.15, 0.2) is 0 Å². The SMILES string of the molecule is CN(CC1CCCOC1)C(CN)c1cccc(C(F)F)c1. The van der Waals surface area contributed by atoms with E-state index < -0.39 is 6.43 Å². The summed E-state index contributed by atoms with van der Waals surface area (Å²) in [5.74, 6) is 0.496. The molecular weight excluding hydrogens is 274 g/mol. The smallest absolute Gasteiger partial charge is 0.263 e. The van der Waals surface area contributed by atoms with E-state index in [1.165, 1.54) is 6.07 Å². The quantitative estimate of drug-likeness (QED) is 0.877. The van der Waals surface area contributed by atoms with E-state index in [0.29, 0.717) is 12.5 Å². The molecule has 1 aliphatic heterocycles. The molecule has 1 aliphatic rings. The van der Waals surface area contributed by atoms with Crippen LogP contribution in [0.15, 0.2) is 24.3 Å². The second kappa shape index (κ2) is 7.82. The van der Waals surface area contributed by atoms with Crippen LogP contribution in [0.25, 0.3) is 0 Å². The molecule has 1 heterocycles. The van der Waals surface area contributed by atoms with Crippen molar-refractivity contribution in [2.24, 2.45) is 11.7 Å². The van der Waals surface area contributed by atoms with Crippen molar-refractivity contribution in [3.8, 4) is 0 Å². The van der Waals surface area contributed by atoms with E-state index in [4.69, 9.17) is 10.5 Å². The van der Waals surface area contributed by atoms with Crippen LogP contribution < -0.4 is 5.73 Å². The number of halogens is 2. The zero-order valence-corrected chi connectivity index (χ0v) is 12.5. The fourth-order valence-electron chi connectivity index (χ4n) is 2.96. The highest BCUT2D eigenvalue weighted by molar-refractivity contribution is 5.27. The number of nitrogens with zero attached hydrogens (tertiary/aromatic N) is 1. The molecule has 1 aromatic carbocycles. The van der Waals surface area contributed by atoms with Crippen molar-refractivity contribution < 1.29 is 13.5 Å². The van der Waals surface area contributed by atoms with Crippen LogP contribution in [0.4, 0.5) is 8.78 Å². The molecule has 0 radical (unpaired) electrons. The Hall–Kier alpha value is -1.04. The Balaban J connectivity index is 2.05. The summed E-state index contributed by atoms with van der Waals surface area (Å²) in [4.78, 5) is 2.16. The van der Waals surface area contributed by atoms with Crippen molar-refractivity contribution in [2.75, 3.05) is 33.4 Å². The van der Waals surface area contributed by atoms with E-state index in [0.717, 1.165) is 38.2 Å². The first-order valence-electron chi connectivity index (χ1n) is 7.48. The van der Waals surface area contributed by atoms with E-state index in [1.807, 2.05) is 13.1 Å². The van der Waals surface area contributed by atoms with Crippen LogP contribution in [-0.2, 0) is 4.74 Å². The first kappa shape index (κ1) is 16.3. The summed E-state index contributed by atoms with van der Waals surface area (Å²) in [7, 11) is 2.00. The van der Waals surface area contributed by atoms with Crippen LogP contribution in [0.1, 0.15) is 36.4 Å². The second-order valence-corrected chi connectivity index (χ2v) is 5.75. The van der Waals surface area contributed by atoms with Gasteiger partial charge in [-0.1, -0.05) is 18.2 Å². The number of hydrogen-bond acceptors (Lipinski definition) is 3. The molecule has 0 bridgehead atoms. The molecule has 1 aromatic rings. The Kier molecular flexibility index (Phi) is 6.08. The summed E-state index contributed by atoms with van der Waals surface area (Å²) in [6.45, 7) is 2.91. The van der Waals surface area contributed by atoms with Gasteiger partial charge < -0.3 is 10.5 Å². The fourth-order valence-corrected chi connectivity index (χ4v) is 2.96. The van der Waals surface area contributed by atoms with Gasteiger partial charge in [-0.15, -0.1) is 0 Å². The molecule has 5 heteroatoms. The third-order valence-electron chi connectivity index (χ3n) is 4.10. The lowest BCUT2D eigenvalue weighted by Crippen LogP contribution is -2.36. The van der Waals surface area contributed by atoms with Crippen LogP contribution in [0, 0.1) is 5.92 Å². The molecule has 0 aromatic heterocycles. The molecule has 2 rings (SSSR count). The van der Waals surface area contributed by atoms with Crippen LogP contribution in [0.3, 0.4) is 0 Å². The van der Waals surface area contributed by atoms with Crippen LogP contribution >= 0.6 is 0 Å². The standard InChI is InChI=1S/C16H24F2N2O/c1-20(10-12-4-3-7-21-11-12)15(9-19)13-5-2-6-14(8-13)16(17)18/h2,5-6,8,12,15-16H,3-4,7,9-11,19H2,1H3. The van der Waals surface area contributed by atoms with Crippen molar-refractivity contribution in [1.82, 2.24) is 4.90 Å². The average Bonchev–Trinajstić information content (AvgIpc) is 2.49. The zero-order chi connectivity index (χ0) is 15.2. The Labute approximate surface area is 125 Å². The normalized spacial score (nSPS) is 21.0. The van der Waals surface area contributed by atoms with E-state index in [9.17, 15) is 8.78 Å². The van der Waals surface area contributed by atoms with Gasteiger partial charge in [0.2, 0.25) is 0 Å². The number of benzene rings is 1. The van der Waals surface area contributed by atoms with Crippen molar-refractivity contribution in [3.63, 3.8) is 0 Å². The molecule has 0 saturated carbocycles. The highest BCUT2D eigenvalue weighted by Crippen LogP contribution is 2.26. The highest BCUT2D eigenvalue weighted by Gasteiger charge is 2.22. The van der Waals surface area contributed by atoms with Crippen molar-refractivity contribution in [3.05, 3.63) is 35.4 Å². The third kappa shape index (κ3) is 4.46. The van der Waals surface area contributed by atoms with Crippen LogP contribution in [-0.4, -0.2) is 38.3 Å². The van der Waals surface area contributed by atoms with Gasteiger partial charge in [0.05, 0.1) is 6.61 Å². The Morgan fingerprint density at radius 2 is 2.14 bits per heavy atom. The van der Waals surface area contributed by atoms with Gasteiger partial charge in [0.25, 0.3) is 6.43 Å². The largest absolute Gasteiger partial charge is 0.381 e. The molecule has 1 fully saturated rings. The minimum Gasteiger partial charge on any atom is -0.381 e. The molecule has 0 aliphatic carbocycles. The molecule has 0 spiro atoms. The molecule has 2 unspecified atom stereocenters. The summed E-state index contributed by atoms with van der Waals surface area (Å²) in [5, 5.41) is 0. The zero-order valence-electron chi connectivity index (χ0n) is 12.5. The average molecular weight is 298 g/mol. The summed E-state index contributed by atoms with van der Waals surface area (Å²) in [6.07, 6.45) is -0.203. The lowest BCUT2D eigenvalue weighted by Gasteiger charge is -2.32. The maximum atomic E-state index is 12.8. The Bertz CT molecular complexity index is 436. The van der Waals surface area contributed by atoms with E-state index >= 15 is 0 Å². The summed E-state index contributed by atoms with van der Waals surface area (Å²) < 4.78 is 31.1. The number of hydrogen-bond donors (Lipinski definition) is 1. The van der Waals surface area contributed by atoms with Gasteiger partial charge in [0, 0.05) is 31.3 Å². The van der Waals surface area contributed by atoms with Crippen molar-refractivity contribution in [1.29, 1.82) is 0 Å². The van der Waals surface area contributed by atoms with Crippen LogP contribution in [0.5, 0.6) is 0 Å². The summed E-state index contributed by atoms with van der Waals surface area (Å²) in [6, 6.07) is 6.53. The molecular formula is C16H24F2N2O. The number of ether oxygens (including phenoxy) is 1. The topological polar surface area (TPSA) is 38.5 Å². The third-order valence-corrected chi connectivity index (χ3v) is 4.10. The second-order valence-electron chi connectivity index (χ2n) is 5.75. The van der Waals surface area contributed by atoms with Gasteiger partial charge in [-0.05, 0) is 37.4 Å². The predicted octanol–water partition coefficient (Wildman–Crippen LogP) is 2.98. The number of likely N-dealkylation sites (N-methyl/N-ethyl adjacent to an activating group) is 1. The molecule has 2 atom stereocenters. The van der Waals surface area contributed by atoms with Gasteiger partial charge >= 0.3 is 0 Å². The number of rotatable bonds is 6. The lowest BCUT2D eigenvalue weighted by molar-refractivity contribution is 0.0365. The first-order chi connectivity index (χ1) is 10.1. The Morgan fingerprint density at radius 1 is 1.38 bits per heavy atom. The molecule has 1 saturated heterocycles. The van der Waals surface area contributed by atoms with Gasteiger partial charge in [-0.25, -0.2) is 8.78 Å². The maximum absolute atomic E-state index is 12.8. The van der Waals surface area contributed by atoms with Gasteiger partial charge in [-0.3, -0.25) is 4.90 Å². The Morgan fingerprint density at radius 3 is 2.76 bits per heavy atom. The molecule has 2 N–H and O–H groups in total. The van der Waals surface area contributed by atoms with Gasteiger partial charge in [0.1, 0.15) is 0 Å². The van der Waals surface area contributed by atoms with Crippen molar-refractivity contribution >= 4 is 0 Å². The van der Waals surface area contributed by atoms with E-state index in [2.05, 4.69) is 4.90 Å². The van der Waals surface area contributed by atoms with Crippen LogP contribution in [0.2, 0.25) is 0 Å². The van der Waals surface area contributed by atoms with E-state index in [1.54, 1.807) is 12.1 Å². The van der Waals surface area contributed by atoms with Gasteiger partial charge in [-0.2, -0.15) is 0 Å². The fraction of sp³-hybridized carbons (Fsp3) is 0.625. The minimum absolute atomic E-state index is 0.0365. The summed E-state index contributed by atoms with van der Waals surface area (Å²) >= 11 is 0. The predicted molar refractivity (Wildman–Crippen MR) is 79.4 cm³/mol. The number of nitrogens with two attached hydrogens (primary N) is 1. The van der Waals surface area contributed by atoms with Crippen molar-refractivity contribution in [2.45, 2.75) is 25.3 Å². The van der Waals surface area contributed by atoms with E-state index in [-0.39, 0.29) is 11.6 Å². The molecule has 3 nitrogen and oxygen atoms in total. The maximum Gasteiger partial charge on any atom is 0.263 e. The minimum atomic E-state index is -2.44. The molecule has 21 heavy (non-hydrogen) atoms. The first-order valence-corrected chi connectivity index (χ1v) is 7.48. The molecule has 0 amide bonds. The molecule has 118 valence electrons.